The second-order valence-corrected chi connectivity index (χ2v) is 1.87. The van der Waals surface area contributed by atoms with Gasteiger partial charge in [-0.05, 0) is 6.92 Å². The summed E-state index contributed by atoms with van der Waals surface area (Å²) >= 11 is 0. The zero-order valence-corrected chi connectivity index (χ0v) is 4.92. The van der Waals surface area contributed by atoms with Crippen molar-refractivity contribution in [2.24, 2.45) is 10.7 Å². The average Bonchev–Trinajstić information content (AvgIpc) is 2.14. The zero-order chi connectivity index (χ0) is 5.98. The van der Waals surface area contributed by atoms with Crippen molar-refractivity contribution in [2.45, 2.75) is 13.0 Å². The molecule has 46 valence electrons. The number of rotatable bonds is 1. The fraction of sp³-hybridized carbons (Fsp3) is 0.800. The molecular weight excluding hydrogens is 104 g/mol. The molecule has 0 saturated carbocycles. The van der Waals surface area contributed by atoms with Crippen LogP contribution in [0.5, 0.6) is 0 Å². The molecule has 3 heteroatoms. The lowest BCUT2D eigenvalue weighted by molar-refractivity contribution is 0.242. The molecule has 3 nitrogen and oxygen atoms in total. The fourth-order valence-corrected chi connectivity index (χ4v) is 0.650. The van der Waals surface area contributed by atoms with E-state index >= 15 is 0 Å². The van der Waals surface area contributed by atoms with Gasteiger partial charge < -0.3 is 10.5 Å². The minimum Gasteiger partial charge on any atom is -0.475 e. The molecule has 8 heavy (non-hydrogen) atoms. The summed E-state index contributed by atoms with van der Waals surface area (Å²) in [5, 5.41) is 0. The van der Waals surface area contributed by atoms with Crippen molar-refractivity contribution in [3.05, 3.63) is 0 Å². The van der Waals surface area contributed by atoms with Crippen LogP contribution in [-0.2, 0) is 4.74 Å². The third kappa shape index (κ3) is 0.980. The number of hydrogen-bond acceptors (Lipinski definition) is 3. The maximum absolute atomic E-state index is 5.24. The van der Waals surface area contributed by atoms with E-state index in [0.717, 1.165) is 6.54 Å². The van der Waals surface area contributed by atoms with Crippen LogP contribution in [0.15, 0.2) is 4.99 Å². The molecule has 0 saturated heterocycles. The lowest BCUT2D eigenvalue weighted by Gasteiger charge is -2.01. The molecule has 0 aliphatic carbocycles. The van der Waals surface area contributed by atoms with Gasteiger partial charge in [-0.3, -0.25) is 4.99 Å². The number of nitrogens with two attached hydrogens (primary N) is 1. The molecule has 0 aromatic rings. The van der Waals surface area contributed by atoms with Crippen LogP contribution in [0.1, 0.15) is 6.92 Å². The van der Waals surface area contributed by atoms with Gasteiger partial charge in [0, 0.05) is 0 Å². The molecule has 0 spiro atoms. The molecule has 0 fully saturated rings. The summed E-state index contributed by atoms with van der Waals surface area (Å²) in [6, 6.07) is 0. The Labute approximate surface area is 48.5 Å². The van der Waals surface area contributed by atoms with Crippen LogP contribution >= 0.6 is 0 Å². The first kappa shape index (κ1) is 5.56. The minimum absolute atomic E-state index is 0.244. The monoisotopic (exact) mass is 114 g/mol. The molecule has 1 aliphatic rings. The van der Waals surface area contributed by atoms with Crippen molar-refractivity contribution in [3.63, 3.8) is 0 Å². The molecule has 1 atom stereocenters. The summed E-state index contributed by atoms with van der Waals surface area (Å²) in [7, 11) is 0. The number of aliphatic imine (C=N–C) groups is 1. The van der Waals surface area contributed by atoms with Gasteiger partial charge in [-0.1, -0.05) is 0 Å². The van der Waals surface area contributed by atoms with Crippen molar-refractivity contribution >= 4 is 5.90 Å². The molecule has 2 N–H and O–H groups in total. The first-order chi connectivity index (χ1) is 3.83. The lowest BCUT2D eigenvalue weighted by Crippen LogP contribution is -2.16. The second kappa shape index (κ2) is 2.13. The average molecular weight is 114 g/mol. The van der Waals surface area contributed by atoms with Crippen LogP contribution in [0.2, 0.25) is 0 Å². The van der Waals surface area contributed by atoms with Crippen LogP contribution in [-0.4, -0.2) is 25.1 Å². The SMILES string of the molecule is C[C@H]1CN=C(CN)O1. The standard InChI is InChI=1S/C5H10N2O/c1-4-3-7-5(2-6)8-4/h4H,2-3,6H2,1H3/t4-/m0/s1. The van der Waals surface area contributed by atoms with E-state index in [0.29, 0.717) is 12.4 Å². The molecule has 0 unspecified atom stereocenters. The molecule has 0 aromatic heterocycles. The van der Waals surface area contributed by atoms with Gasteiger partial charge in [-0.2, -0.15) is 0 Å². The highest BCUT2D eigenvalue weighted by atomic mass is 16.5. The third-order valence-corrected chi connectivity index (χ3v) is 1.04. The summed E-state index contributed by atoms with van der Waals surface area (Å²) in [5.74, 6) is 0.692. The Morgan fingerprint density at radius 3 is 3.00 bits per heavy atom. The molecule has 0 bridgehead atoms. The van der Waals surface area contributed by atoms with Crippen molar-refractivity contribution < 1.29 is 4.74 Å². The maximum atomic E-state index is 5.24. The van der Waals surface area contributed by atoms with E-state index in [1.54, 1.807) is 0 Å². The zero-order valence-electron chi connectivity index (χ0n) is 4.92. The van der Waals surface area contributed by atoms with Crippen LogP contribution < -0.4 is 5.73 Å². The van der Waals surface area contributed by atoms with Crippen molar-refractivity contribution in [1.82, 2.24) is 0 Å². The summed E-state index contributed by atoms with van der Waals surface area (Å²) in [6.45, 7) is 3.18. The van der Waals surface area contributed by atoms with Crippen LogP contribution in [0.4, 0.5) is 0 Å². The maximum Gasteiger partial charge on any atom is 0.197 e. The molecule has 1 rings (SSSR count). The Balaban J connectivity index is 2.37. The quantitative estimate of drug-likeness (QED) is 0.511. The smallest absolute Gasteiger partial charge is 0.197 e. The normalized spacial score (nSPS) is 27.2. The molecule has 0 aromatic carbocycles. The predicted octanol–water partition coefficient (Wildman–Crippen LogP) is -0.238. The van der Waals surface area contributed by atoms with Crippen LogP contribution in [0.25, 0.3) is 0 Å². The van der Waals surface area contributed by atoms with E-state index in [1.807, 2.05) is 6.92 Å². The van der Waals surface area contributed by atoms with Crippen LogP contribution in [0, 0.1) is 0 Å². The highest BCUT2D eigenvalue weighted by Crippen LogP contribution is 2.00. The van der Waals surface area contributed by atoms with Gasteiger partial charge >= 0.3 is 0 Å². The fourth-order valence-electron chi connectivity index (χ4n) is 0.650. The van der Waals surface area contributed by atoms with Crippen molar-refractivity contribution in [3.8, 4) is 0 Å². The molecule has 0 amide bonds. The van der Waals surface area contributed by atoms with Gasteiger partial charge in [0.15, 0.2) is 5.90 Å². The molecule has 0 radical (unpaired) electrons. The number of ether oxygens (including phenoxy) is 1. The molecule has 1 heterocycles. The Morgan fingerprint density at radius 2 is 2.75 bits per heavy atom. The van der Waals surface area contributed by atoms with Crippen molar-refractivity contribution in [1.29, 1.82) is 0 Å². The summed E-state index contributed by atoms with van der Waals surface area (Å²) in [6.07, 6.45) is 0.244. The van der Waals surface area contributed by atoms with Gasteiger partial charge in [-0.15, -0.1) is 0 Å². The highest BCUT2D eigenvalue weighted by Gasteiger charge is 2.11. The van der Waals surface area contributed by atoms with Gasteiger partial charge in [0.2, 0.25) is 0 Å². The van der Waals surface area contributed by atoms with E-state index in [2.05, 4.69) is 4.99 Å². The first-order valence-corrected chi connectivity index (χ1v) is 2.73. The summed E-state index contributed by atoms with van der Waals surface area (Å²) < 4.78 is 5.14. The van der Waals surface area contributed by atoms with E-state index < -0.39 is 0 Å². The Kier molecular flexibility index (Phi) is 1.48. The lowest BCUT2D eigenvalue weighted by atomic mass is 10.4. The van der Waals surface area contributed by atoms with Gasteiger partial charge in [-0.25, -0.2) is 0 Å². The van der Waals surface area contributed by atoms with E-state index in [-0.39, 0.29) is 6.10 Å². The summed E-state index contributed by atoms with van der Waals surface area (Å²) in [4.78, 5) is 4.00. The first-order valence-electron chi connectivity index (χ1n) is 2.73. The minimum atomic E-state index is 0.244. The van der Waals surface area contributed by atoms with Crippen LogP contribution in [0.3, 0.4) is 0 Å². The van der Waals surface area contributed by atoms with Gasteiger partial charge in [0.25, 0.3) is 0 Å². The third-order valence-electron chi connectivity index (χ3n) is 1.04. The van der Waals surface area contributed by atoms with E-state index in [9.17, 15) is 0 Å². The second-order valence-electron chi connectivity index (χ2n) is 1.87. The molecule has 1 aliphatic heterocycles. The number of nitrogens with zero attached hydrogens (tertiary/aromatic N) is 1. The van der Waals surface area contributed by atoms with E-state index in [1.165, 1.54) is 0 Å². The molecular formula is C5H10N2O. The topological polar surface area (TPSA) is 47.6 Å². The van der Waals surface area contributed by atoms with Gasteiger partial charge in [0.1, 0.15) is 6.10 Å². The number of hydrogen-bond donors (Lipinski definition) is 1. The highest BCUT2D eigenvalue weighted by molar-refractivity contribution is 5.79. The predicted molar refractivity (Wildman–Crippen MR) is 31.9 cm³/mol. The largest absolute Gasteiger partial charge is 0.475 e. The Morgan fingerprint density at radius 1 is 2.00 bits per heavy atom. The Hall–Kier alpha value is -0.570. The Bertz CT molecular complexity index is 111. The summed E-state index contributed by atoms with van der Waals surface area (Å²) in [5.41, 5.74) is 5.24. The van der Waals surface area contributed by atoms with E-state index in [4.69, 9.17) is 10.5 Å². The van der Waals surface area contributed by atoms with Gasteiger partial charge in [0.05, 0.1) is 13.1 Å². The van der Waals surface area contributed by atoms with Crippen molar-refractivity contribution in [2.75, 3.05) is 13.1 Å².